The molecule has 0 aromatic rings. The molecule has 1 atom stereocenters. The average Bonchev–Trinajstić information content (AvgIpc) is 2.00. The van der Waals surface area contributed by atoms with E-state index in [4.69, 9.17) is 10.2 Å². The summed E-state index contributed by atoms with van der Waals surface area (Å²) in [7, 11) is -3.89. The third-order valence-corrected chi connectivity index (χ3v) is 1.97. The van der Waals surface area contributed by atoms with Crippen LogP contribution in [0, 0.1) is 0 Å². The SMILES string of the molecule is CCOOS(=O)(=O)CC(O)CO.[Na]. The Bertz CT molecular complexity index is 203. The molecule has 1 radical (unpaired) electrons. The summed E-state index contributed by atoms with van der Waals surface area (Å²) < 4.78 is 25.4. The predicted octanol–water partition coefficient (Wildman–Crippen LogP) is -1.74. The van der Waals surface area contributed by atoms with Gasteiger partial charge in [-0.1, -0.05) is 0 Å². The van der Waals surface area contributed by atoms with Crippen molar-refractivity contribution < 1.29 is 27.9 Å². The molecule has 13 heavy (non-hydrogen) atoms. The molecule has 0 saturated carbocycles. The average molecular weight is 223 g/mol. The smallest absolute Gasteiger partial charge is 0.296 e. The van der Waals surface area contributed by atoms with Gasteiger partial charge < -0.3 is 10.2 Å². The van der Waals surface area contributed by atoms with Crippen LogP contribution in [0.25, 0.3) is 0 Å². The van der Waals surface area contributed by atoms with Crippen molar-refractivity contribution in [2.24, 2.45) is 0 Å². The van der Waals surface area contributed by atoms with Crippen LogP contribution >= 0.6 is 0 Å². The van der Waals surface area contributed by atoms with Crippen LogP contribution in [-0.4, -0.2) is 73.3 Å². The Labute approximate surface area is 99.2 Å². The van der Waals surface area contributed by atoms with Crippen molar-refractivity contribution in [2.75, 3.05) is 19.0 Å². The Balaban J connectivity index is 0. The second-order valence-corrected chi connectivity index (χ2v) is 3.62. The molecule has 0 rings (SSSR count). The van der Waals surface area contributed by atoms with Crippen LogP contribution < -0.4 is 0 Å². The van der Waals surface area contributed by atoms with E-state index in [1.54, 1.807) is 6.92 Å². The zero-order valence-corrected chi connectivity index (χ0v) is 10.5. The van der Waals surface area contributed by atoms with Crippen LogP contribution in [0.15, 0.2) is 0 Å². The monoisotopic (exact) mass is 223 g/mol. The number of aliphatic hydroxyl groups is 2. The van der Waals surface area contributed by atoms with Crippen molar-refractivity contribution in [1.82, 2.24) is 0 Å². The van der Waals surface area contributed by atoms with E-state index in [0.717, 1.165) is 0 Å². The molecule has 0 aliphatic carbocycles. The summed E-state index contributed by atoms with van der Waals surface area (Å²) in [6, 6.07) is 0. The zero-order valence-electron chi connectivity index (χ0n) is 7.63. The van der Waals surface area contributed by atoms with Crippen LogP contribution in [0.4, 0.5) is 0 Å². The molecule has 6 nitrogen and oxygen atoms in total. The molecule has 0 aromatic carbocycles. The summed E-state index contributed by atoms with van der Waals surface area (Å²) in [6.07, 6.45) is -1.34. The van der Waals surface area contributed by atoms with Gasteiger partial charge in [0.1, 0.15) is 5.75 Å². The fourth-order valence-electron chi connectivity index (χ4n) is 0.438. The maximum absolute atomic E-state index is 10.7. The quantitative estimate of drug-likeness (QED) is 0.315. The van der Waals surface area contributed by atoms with Gasteiger partial charge in [-0.25, -0.2) is 4.89 Å². The minimum atomic E-state index is -3.89. The first kappa shape index (κ1) is 16.2. The fourth-order valence-corrected chi connectivity index (χ4v) is 1.31. The zero-order chi connectivity index (χ0) is 9.61. The molecule has 0 saturated heterocycles. The van der Waals surface area contributed by atoms with Crippen LogP contribution in [0.3, 0.4) is 0 Å². The molecule has 0 aromatic heterocycles. The number of rotatable bonds is 6. The minimum Gasteiger partial charge on any atom is -0.394 e. The van der Waals surface area contributed by atoms with Crippen molar-refractivity contribution in [1.29, 1.82) is 0 Å². The van der Waals surface area contributed by atoms with E-state index >= 15 is 0 Å². The first-order valence-corrected chi connectivity index (χ1v) is 4.92. The van der Waals surface area contributed by atoms with Gasteiger partial charge in [0.25, 0.3) is 10.1 Å². The van der Waals surface area contributed by atoms with Gasteiger partial charge >= 0.3 is 0 Å². The Kier molecular flexibility index (Phi) is 10.1. The molecule has 8 heteroatoms. The number of hydrogen-bond acceptors (Lipinski definition) is 6. The standard InChI is InChI=1S/C5H12O6S.Na/c1-2-10-11-12(8,9)4-5(7)3-6;/h5-7H,2-4H2,1H3;. The maximum atomic E-state index is 10.7. The van der Waals surface area contributed by atoms with Crippen molar-refractivity contribution in [2.45, 2.75) is 13.0 Å². The van der Waals surface area contributed by atoms with E-state index in [1.807, 2.05) is 0 Å². The van der Waals surface area contributed by atoms with Gasteiger partial charge in [0.2, 0.25) is 0 Å². The molecule has 1 unspecified atom stereocenters. The third kappa shape index (κ3) is 9.10. The van der Waals surface area contributed by atoms with E-state index in [9.17, 15) is 8.42 Å². The van der Waals surface area contributed by atoms with E-state index in [0.29, 0.717) is 0 Å². The summed E-state index contributed by atoms with van der Waals surface area (Å²) in [5, 5.41) is 17.0. The third-order valence-electron chi connectivity index (χ3n) is 0.877. The topological polar surface area (TPSA) is 93.1 Å². The molecule has 0 fully saturated rings. The largest absolute Gasteiger partial charge is 0.394 e. The van der Waals surface area contributed by atoms with Gasteiger partial charge in [0.05, 0.1) is 19.3 Å². The molecule has 0 aliphatic rings. The van der Waals surface area contributed by atoms with Gasteiger partial charge in [-0.3, -0.25) is 0 Å². The van der Waals surface area contributed by atoms with Gasteiger partial charge in [-0.15, -0.1) is 4.33 Å². The van der Waals surface area contributed by atoms with E-state index in [1.165, 1.54) is 0 Å². The first-order chi connectivity index (χ1) is 5.52. The summed E-state index contributed by atoms with van der Waals surface area (Å²) >= 11 is 0. The molecule has 0 amide bonds. The molecule has 0 spiro atoms. The summed E-state index contributed by atoms with van der Waals surface area (Å²) in [5.74, 6) is -0.677. The Morgan fingerprint density at radius 2 is 2.00 bits per heavy atom. The predicted molar refractivity (Wildman–Crippen MR) is 45.3 cm³/mol. The Morgan fingerprint density at radius 1 is 1.46 bits per heavy atom. The molecule has 0 bridgehead atoms. The first-order valence-electron chi connectivity index (χ1n) is 3.34. The molecule has 2 N–H and O–H groups in total. The Morgan fingerprint density at radius 3 is 2.38 bits per heavy atom. The fraction of sp³-hybridized carbons (Fsp3) is 1.00. The van der Waals surface area contributed by atoms with Crippen molar-refractivity contribution >= 4 is 39.7 Å². The summed E-state index contributed by atoms with van der Waals surface area (Å²) in [6.45, 7) is 1.02. The van der Waals surface area contributed by atoms with Gasteiger partial charge in [0.15, 0.2) is 0 Å². The maximum Gasteiger partial charge on any atom is 0.296 e. The van der Waals surface area contributed by atoms with Gasteiger partial charge in [0, 0.05) is 29.6 Å². The molecule has 0 aliphatic heterocycles. The second kappa shape index (κ2) is 8.13. The molecule has 0 heterocycles. The van der Waals surface area contributed by atoms with Gasteiger partial charge in [-0.05, 0) is 6.92 Å². The van der Waals surface area contributed by atoms with E-state index in [2.05, 4.69) is 9.22 Å². The number of hydrogen-bond donors (Lipinski definition) is 2. The number of aliphatic hydroxyl groups excluding tert-OH is 2. The normalized spacial score (nSPS) is 13.5. The molecular weight excluding hydrogens is 211 g/mol. The molecule has 75 valence electrons. The minimum absolute atomic E-state index is 0. The van der Waals surface area contributed by atoms with Gasteiger partial charge in [-0.2, -0.15) is 8.42 Å². The molecular formula is C5H12NaO6S. The van der Waals surface area contributed by atoms with Crippen LogP contribution in [0.5, 0.6) is 0 Å². The van der Waals surface area contributed by atoms with E-state index < -0.39 is 28.6 Å². The van der Waals surface area contributed by atoms with Crippen molar-refractivity contribution in [3.63, 3.8) is 0 Å². The van der Waals surface area contributed by atoms with E-state index in [-0.39, 0.29) is 36.2 Å². The Hall–Kier alpha value is 0.790. The van der Waals surface area contributed by atoms with Crippen molar-refractivity contribution in [3.05, 3.63) is 0 Å². The van der Waals surface area contributed by atoms with Crippen LogP contribution in [0.2, 0.25) is 0 Å². The van der Waals surface area contributed by atoms with Crippen molar-refractivity contribution in [3.8, 4) is 0 Å². The van der Waals surface area contributed by atoms with Crippen LogP contribution in [0.1, 0.15) is 6.92 Å². The second-order valence-electron chi connectivity index (χ2n) is 2.04. The summed E-state index contributed by atoms with van der Waals surface area (Å²) in [5.41, 5.74) is 0. The summed E-state index contributed by atoms with van der Waals surface area (Å²) in [4.78, 5) is 4.16. The van der Waals surface area contributed by atoms with Crippen LogP contribution in [-0.2, 0) is 19.3 Å².